The first-order valence-electron chi connectivity index (χ1n) is 8.04. The molecule has 2 aromatic carbocycles. The first-order valence-corrected chi connectivity index (χ1v) is 8.83. The zero-order valence-corrected chi connectivity index (χ0v) is 15.5. The Kier molecular flexibility index (Phi) is 5.27. The van der Waals surface area contributed by atoms with Crippen LogP contribution in [0.25, 0.3) is 0 Å². The molecule has 2 aromatic rings. The number of halogens is 1. The van der Waals surface area contributed by atoms with Crippen molar-refractivity contribution in [3.05, 3.63) is 58.6 Å². The lowest BCUT2D eigenvalue weighted by Crippen LogP contribution is -2.36. The summed E-state index contributed by atoms with van der Waals surface area (Å²) < 4.78 is 5.22. The molecule has 0 aliphatic heterocycles. The fourth-order valence-electron chi connectivity index (χ4n) is 2.61. The van der Waals surface area contributed by atoms with E-state index in [9.17, 15) is 0 Å². The molecule has 1 aliphatic carbocycles. The minimum absolute atomic E-state index is 0.520. The number of nitrogens with one attached hydrogen (secondary N) is 1. The summed E-state index contributed by atoms with van der Waals surface area (Å²) >= 11 is 11.9. The summed E-state index contributed by atoms with van der Waals surface area (Å²) in [6, 6.07) is 14.5. The Bertz CT molecular complexity index is 729. The number of ether oxygens (including phenoxy) is 1. The number of hydrogen-bond acceptors (Lipinski definition) is 2. The summed E-state index contributed by atoms with van der Waals surface area (Å²) in [5.74, 6) is 0.868. The van der Waals surface area contributed by atoms with Gasteiger partial charge in [0.1, 0.15) is 5.75 Å². The number of anilines is 1. The Labute approximate surface area is 153 Å². The van der Waals surface area contributed by atoms with E-state index in [1.165, 1.54) is 18.4 Å². The van der Waals surface area contributed by atoms with Crippen molar-refractivity contribution in [2.24, 2.45) is 0 Å². The Hall–Kier alpha value is -1.78. The van der Waals surface area contributed by atoms with E-state index in [0.717, 1.165) is 33.7 Å². The Morgan fingerprint density at radius 1 is 1.25 bits per heavy atom. The van der Waals surface area contributed by atoms with Gasteiger partial charge in [0.25, 0.3) is 0 Å². The van der Waals surface area contributed by atoms with Crippen LogP contribution in [0.1, 0.15) is 24.0 Å². The standard InChI is InChI=1S/C19H21ClN2OS/c1-13-17(20)4-3-5-18(13)21-19(24)22(15-8-9-15)12-14-6-10-16(23-2)11-7-14/h3-7,10-11,15H,8-9,12H2,1-2H3,(H,21,24). The van der Waals surface area contributed by atoms with Crippen LogP contribution < -0.4 is 10.1 Å². The number of hydrogen-bond donors (Lipinski definition) is 1. The Balaban J connectivity index is 1.72. The van der Waals surface area contributed by atoms with Crippen LogP contribution in [0.4, 0.5) is 5.69 Å². The molecule has 0 saturated heterocycles. The lowest BCUT2D eigenvalue weighted by Gasteiger charge is -2.26. The summed E-state index contributed by atoms with van der Waals surface area (Å²) in [6.45, 7) is 2.79. The second kappa shape index (κ2) is 7.41. The maximum Gasteiger partial charge on any atom is 0.173 e. The molecule has 5 heteroatoms. The molecule has 1 saturated carbocycles. The first kappa shape index (κ1) is 17.1. The van der Waals surface area contributed by atoms with Gasteiger partial charge in [0.05, 0.1) is 7.11 Å². The zero-order valence-electron chi connectivity index (χ0n) is 13.9. The van der Waals surface area contributed by atoms with Crippen molar-refractivity contribution in [2.75, 3.05) is 12.4 Å². The van der Waals surface area contributed by atoms with E-state index in [1.54, 1.807) is 7.11 Å². The maximum absolute atomic E-state index is 6.20. The minimum Gasteiger partial charge on any atom is -0.497 e. The van der Waals surface area contributed by atoms with Gasteiger partial charge in [-0.25, -0.2) is 0 Å². The monoisotopic (exact) mass is 360 g/mol. The molecule has 3 nitrogen and oxygen atoms in total. The molecule has 1 N–H and O–H groups in total. The highest BCUT2D eigenvalue weighted by Crippen LogP contribution is 2.30. The van der Waals surface area contributed by atoms with E-state index < -0.39 is 0 Å². The molecule has 0 amide bonds. The summed E-state index contributed by atoms with van der Waals surface area (Å²) in [7, 11) is 1.68. The van der Waals surface area contributed by atoms with E-state index in [0.29, 0.717) is 6.04 Å². The van der Waals surface area contributed by atoms with Gasteiger partial charge in [-0.05, 0) is 67.4 Å². The number of thiocarbonyl (C=S) groups is 1. The molecule has 0 spiro atoms. The summed E-state index contributed by atoms with van der Waals surface area (Å²) in [4.78, 5) is 2.26. The van der Waals surface area contributed by atoms with Crippen molar-refractivity contribution < 1.29 is 4.74 Å². The Morgan fingerprint density at radius 3 is 2.58 bits per heavy atom. The van der Waals surface area contributed by atoms with Gasteiger partial charge in [0, 0.05) is 23.3 Å². The topological polar surface area (TPSA) is 24.5 Å². The largest absolute Gasteiger partial charge is 0.497 e. The predicted molar refractivity (Wildman–Crippen MR) is 104 cm³/mol. The van der Waals surface area contributed by atoms with Crippen LogP contribution in [0.3, 0.4) is 0 Å². The van der Waals surface area contributed by atoms with Gasteiger partial charge in [0.2, 0.25) is 0 Å². The van der Waals surface area contributed by atoms with Gasteiger partial charge in [-0.15, -0.1) is 0 Å². The smallest absolute Gasteiger partial charge is 0.173 e. The zero-order chi connectivity index (χ0) is 17.1. The molecule has 0 bridgehead atoms. The lowest BCUT2D eigenvalue weighted by atomic mass is 10.2. The summed E-state index contributed by atoms with van der Waals surface area (Å²) in [5, 5.41) is 4.86. The average molecular weight is 361 g/mol. The second-order valence-electron chi connectivity index (χ2n) is 6.05. The van der Waals surface area contributed by atoms with Crippen LogP contribution in [0, 0.1) is 6.92 Å². The molecule has 126 valence electrons. The van der Waals surface area contributed by atoms with Gasteiger partial charge in [-0.1, -0.05) is 29.8 Å². The minimum atomic E-state index is 0.520. The van der Waals surface area contributed by atoms with Crippen LogP contribution in [0.5, 0.6) is 5.75 Å². The van der Waals surface area contributed by atoms with Crippen LogP contribution in [0.2, 0.25) is 5.02 Å². The van der Waals surface area contributed by atoms with Crippen LogP contribution in [-0.2, 0) is 6.54 Å². The molecule has 1 aliphatic rings. The van der Waals surface area contributed by atoms with Crippen molar-refractivity contribution in [3.8, 4) is 5.75 Å². The summed E-state index contributed by atoms with van der Waals surface area (Å²) in [6.07, 6.45) is 2.37. The normalized spacial score (nSPS) is 13.5. The van der Waals surface area contributed by atoms with Crippen molar-refractivity contribution in [1.29, 1.82) is 0 Å². The highest BCUT2D eigenvalue weighted by atomic mass is 35.5. The molecule has 1 fully saturated rings. The van der Waals surface area contributed by atoms with Gasteiger partial charge in [-0.3, -0.25) is 0 Å². The van der Waals surface area contributed by atoms with Gasteiger partial charge in [-0.2, -0.15) is 0 Å². The quantitative estimate of drug-likeness (QED) is 0.757. The van der Waals surface area contributed by atoms with Crippen molar-refractivity contribution >= 4 is 34.6 Å². The molecule has 3 rings (SSSR count). The SMILES string of the molecule is COc1ccc(CN(C(=S)Nc2cccc(Cl)c2C)C2CC2)cc1. The number of benzene rings is 2. The maximum atomic E-state index is 6.20. The van der Waals surface area contributed by atoms with E-state index in [4.69, 9.17) is 28.6 Å². The molecule has 24 heavy (non-hydrogen) atoms. The molecule has 0 radical (unpaired) electrons. The fraction of sp³-hybridized carbons (Fsp3) is 0.316. The lowest BCUT2D eigenvalue weighted by molar-refractivity contribution is 0.405. The average Bonchev–Trinajstić information content (AvgIpc) is 3.42. The predicted octanol–water partition coefficient (Wildman–Crippen LogP) is 5.02. The first-order chi connectivity index (χ1) is 11.6. The third kappa shape index (κ3) is 4.00. The molecule has 0 heterocycles. The van der Waals surface area contributed by atoms with Crippen LogP contribution >= 0.6 is 23.8 Å². The molecule has 0 aromatic heterocycles. The van der Waals surface area contributed by atoms with Crippen LogP contribution in [-0.4, -0.2) is 23.2 Å². The van der Waals surface area contributed by atoms with E-state index >= 15 is 0 Å². The summed E-state index contributed by atoms with van der Waals surface area (Å²) in [5.41, 5.74) is 3.20. The van der Waals surface area contributed by atoms with Gasteiger partial charge < -0.3 is 15.0 Å². The van der Waals surface area contributed by atoms with E-state index in [1.807, 2.05) is 37.3 Å². The number of methoxy groups -OCH3 is 1. The highest BCUT2D eigenvalue weighted by Gasteiger charge is 2.31. The molecular formula is C19H21ClN2OS. The fourth-order valence-corrected chi connectivity index (χ4v) is 3.11. The molecule has 0 unspecified atom stereocenters. The van der Waals surface area contributed by atoms with Crippen LogP contribution in [0.15, 0.2) is 42.5 Å². The van der Waals surface area contributed by atoms with Gasteiger partial charge >= 0.3 is 0 Å². The van der Waals surface area contributed by atoms with Crippen molar-refractivity contribution in [2.45, 2.75) is 32.4 Å². The van der Waals surface area contributed by atoms with Gasteiger partial charge in [0.15, 0.2) is 5.11 Å². The molecular weight excluding hydrogens is 340 g/mol. The second-order valence-corrected chi connectivity index (χ2v) is 6.84. The molecule has 0 atom stereocenters. The van der Waals surface area contributed by atoms with E-state index in [2.05, 4.69) is 22.3 Å². The van der Waals surface area contributed by atoms with Crippen molar-refractivity contribution in [1.82, 2.24) is 4.90 Å². The van der Waals surface area contributed by atoms with Crippen molar-refractivity contribution in [3.63, 3.8) is 0 Å². The highest BCUT2D eigenvalue weighted by molar-refractivity contribution is 7.80. The Morgan fingerprint density at radius 2 is 1.96 bits per heavy atom. The third-order valence-corrected chi connectivity index (χ3v) is 5.02. The number of nitrogens with zero attached hydrogens (tertiary/aromatic N) is 1. The van der Waals surface area contributed by atoms with E-state index in [-0.39, 0.29) is 0 Å². The third-order valence-electron chi connectivity index (χ3n) is 4.27. The number of rotatable bonds is 5.